The van der Waals surface area contributed by atoms with Crippen molar-refractivity contribution in [1.29, 1.82) is 0 Å². The van der Waals surface area contributed by atoms with Crippen LogP contribution in [0.5, 0.6) is 0 Å². The summed E-state index contributed by atoms with van der Waals surface area (Å²) in [6, 6.07) is -2.97. The fourth-order valence-corrected chi connectivity index (χ4v) is 3.79. The van der Waals surface area contributed by atoms with E-state index in [1.165, 1.54) is 13.0 Å². The van der Waals surface area contributed by atoms with Crippen molar-refractivity contribution in [2.45, 2.75) is 42.6 Å². The van der Waals surface area contributed by atoms with Gasteiger partial charge in [-0.3, -0.25) is 4.72 Å². The van der Waals surface area contributed by atoms with Crippen molar-refractivity contribution in [3.8, 4) is 0 Å². The Bertz CT molecular complexity index is 1080. The van der Waals surface area contributed by atoms with E-state index in [0.29, 0.717) is 5.76 Å². The lowest BCUT2D eigenvalue weighted by Gasteiger charge is -2.40. The molecule has 154 valence electrons. The van der Waals surface area contributed by atoms with E-state index in [2.05, 4.69) is 10.5 Å². The second kappa shape index (κ2) is 8.05. The topological polar surface area (TPSA) is 165 Å². The van der Waals surface area contributed by atoms with Gasteiger partial charge in [0, 0.05) is 24.3 Å². The fraction of sp³-hybridized carbons (Fsp3) is 0.471. The highest BCUT2D eigenvalue weighted by molar-refractivity contribution is 7.92. The van der Waals surface area contributed by atoms with Crippen LogP contribution >= 0.6 is 0 Å². The number of nitrogens with zero attached hydrogens (tertiary/aromatic N) is 1. The van der Waals surface area contributed by atoms with Gasteiger partial charge in [-0.15, -0.1) is 0 Å². The maximum atomic E-state index is 12.7. The van der Waals surface area contributed by atoms with Gasteiger partial charge in [0.1, 0.15) is 18.0 Å². The molecule has 1 aliphatic rings. The lowest BCUT2D eigenvalue weighted by Crippen LogP contribution is -2.56. The molecule has 5 atom stereocenters. The smallest absolute Gasteiger partial charge is 0.263 e. The highest BCUT2D eigenvalue weighted by Gasteiger charge is 2.42. The minimum atomic E-state index is -4.57. The zero-order valence-corrected chi connectivity index (χ0v) is 15.6. The van der Waals surface area contributed by atoms with Gasteiger partial charge >= 0.3 is 0 Å². The summed E-state index contributed by atoms with van der Waals surface area (Å²) >= 11 is 0. The number of sulfonamides is 1. The summed E-state index contributed by atoms with van der Waals surface area (Å²) < 4.78 is 64.9. The van der Waals surface area contributed by atoms with Crippen molar-refractivity contribution < 1.29 is 38.9 Å². The predicted molar refractivity (Wildman–Crippen MR) is 99.1 cm³/mol. The molecule has 0 spiro atoms. The standard InChI is InChI=1S/C17H23N3O7S/c1-9-6-14(19-27-9)20-28(25,26)12-4-2-11(3-5-12)18-13-7-10(8-21)15(22)17(24)16(13)23/h2-6,10,13,15-18,21-24H,7-8H2,1H3,(H,19,20)/t10-,13-,15-,16+,17+/m1/s1/i2D,3D,4D,5D. The number of aliphatic hydroxyl groups is 4. The van der Waals surface area contributed by atoms with Crippen molar-refractivity contribution in [2.75, 3.05) is 16.6 Å². The van der Waals surface area contributed by atoms with Gasteiger partial charge in [-0.05, 0) is 37.5 Å². The van der Waals surface area contributed by atoms with Gasteiger partial charge in [-0.2, -0.15) is 0 Å². The van der Waals surface area contributed by atoms with E-state index < -0.39 is 81.7 Å². The number of benzene rings is 1. The molecular formula is C17H23N3O7S. The number of hydrogen-bond acceptors (Lipinski definition) is 9. The van der Waals surface area contributed by atoms with E-state index in [9.17, 15) is 28.8 Å². The molecule has 1 fully saturated rings. The third kappa shape index (κ3) is 4.28. The van der Waals surface area contributed by atoms with Crippen LogP contribution in [-0.2, 0) is 10.0 Å². The summed E-state index contributed by atoms with van der Waals surface area (Å²) in [4.78, 5) is -0.911. The lowest BCUT2D eigenvalue weighted by molar-refractivity contribution is -0.122. The zero-order chi connectivity index (χ0) is 24.0. The van der Waals surface area contributed by atoms with Crippen LogP contribution in [0.15, 0.2) is 39.7 Å². The molecule has 0 radical (unpaired) electrons. The molecule has 0 bridgehead atoms. The summed E-state index contributed by atoms with van der Waals surface area (Å²) in [5.41, 5.74) is -0.402. The number of hydrogen-bond donors (Lipinski definition) is 6. The number of aliphatic hydroxyl groups excluding tert-OH is 4. The first-order chi connectivity index (χ1) is 14.9. The number of aryl methyl sites for hydroxylation is 1. The largest absolute Gasteiger partial charge is 0.396 e. The van der Waals surface area contributed by atoms with Gasteiger partial charge in [0.2, 0.25) is 0 Å². The van der Waals surface area contributed by atoms with E-state index in [4.69, 9.17) is 10.0 Å². The van der Waals surface area contributed by atoms with Gasteiger partial charge in [0.15, 0.2) is 5.82 Å². The Balaban J connectivity index is 1.98. The van der Waals surface area contributed by atoms with Crippen molar-refractivity contribution in [3.05, 3.63) is 36.0 Å². The Kier molecular flexibility index (Phi) is 4.52. The quantitative estimate of drug-likeness (QED) is 0.369. The summed E-state index contributed by atoms with van der Waals surface area (Å²) in [6.07, 6.45) is -4.61. The molecule has 1 aromatic carbocycles. The Morgan fingerprint density at radius 2 is 1.89 bits per heavy atom. The molecule has 1 saturated carbocycles. The van der Waals surface area contributed by atoms with Gasteiger partial charge < -0.3 is 30.3 Å². The van der Waals surface area contributed by atoms with Crippen molar-refractivity contribution in [3.63, 3.8) is 0 Å². The van der Waals surface area contributed by atoms with Crippen LogP contribution in [0.3, 0.4) is 0 Å². The summed E-state index contributed by atoms with van der Waals surface area (Å²) in [6.45, 7) is 1.03. The number of rotatable bonds is 6. The highest BCUT2D eigenvalue weighted by atomic mass is 32.2. The molecule has 1 heterocycles. The maximum absolute atomic E-state index is 12.7. The molecule has 0 saturated heterocycles. The van der Waals surface area contributed by atoms with Crippen LogP contribution < -0.4 is 10.0 Å². The monoisotopic (exact) mass is 417 g/mol. The molecule has 28 heavy (non-hydrogen) atoms. The van der Waals surface area contributed by atoms with Crippen molar-refractivity contribution in [2.24, 2.45) is 5.92 Å². The average molecular weight is 417 g/mol. The molecule has 0 aliphatic heterocycles. The van der Waals surface area contributed by atoms with Crippen LogP contribution in [0.4, 0.5) is 11.5 Å². The molecule has 1 aliphatic carbocycles. The number of aromatic nitrogens is 1. The first-order valence-corrected chi connectivity index (χ1v) is 9.85. The molecule has 1 aromatic heterocycles. The molecule has 0 unspecified atom stereocenters. The van der Waals surface area contributed by atoms with Gasteiger partial charge in [-0.25, -0.2) is 8.42 Å². The summed E-state index contributed by atoms with van der Waals surface area (Å²) in [7, 11) is -4.57. The van der Waals surface area contributed by atoms with Crippen LogP contribution in [0.25, 0.3) is 0 Å². The van der Waals surface area contributed by atoms with Crippen LogP contribution in [-0.4, -0.2) is 65.0 Å². The number of anilines is 2. The Hall–Kier alpha value is -2.18. The second-order valence-electron chi connectivity index (χ2n) is 6.53. The molecule has 11 heteroatoms. The Morgan fingerprint density at radius 1 is 1.21 bits per heavy atom. The van der Waals surface area contributed by atoms with Crippen LogP contribution in [0.2, 0.25) is 0 Å². The molecular weight excluding hydrogens is 390 g/mol. The first-order valence-electron chi connectivity index (χ1n) is 10.4. The van der Waals surface area contributed by atoms with E-state index in [0.717, 1.165) is 0 Å². The average Bonchev–Trinajstić information content (AvgIpc) is 3.13. The zero-order valence-electron chi connectivity index (χ0n) is 18.7. The minimum absolute atomic E-state index is 0.0530. The van der Waals surface area contributed by atoms with E-state index >= 15 is 0 Å². The molecule has 6 N–H and O–H groups in total. The summed E-state index contributed by atoms with van der Waals surface area (Å²) in [5.74, 6) is -0.703. The highest BCUT2D eigenvalue weighted by Crippen LogP contribution is 2.28. The second-order valence-corrected chi connectivity index (χ2v) is 8.15. The minimum Gasteiger partial charge on any atom is -0.396 e. The third-order valence-electron chi connectivity index (χ3n) is 4.45. The van der Waals surface area contributed by atoms with Crippen LogP contribution in [0, 0.1) is 12.8 Å². The van der Waals surface area contributed by atoms with Crippen molar-refractivity contribution in [1.82, 2.24) is 5.16 Å². The van der Waals surface area contributed by atoms with Gasteiger partial charge in [0.05, 0.1) is 22.5 Å². The van der Waals surface area contributed by atoms with E-state index in [1.807, 2.05) is 4.72 Å². The maximum Gasteiger partial charge on any atom is 0.263 e. The van der Waals surface area contributed by atoms with Gasteiger partial charge in [-0.1, -0.05) is 5.16 Å². The normalized spacial score (nSPS) is 30.1. The first kappa shape index (κ1) is 15.7. The third-order valence-corrected chi connectivity index (χ3v) is 5.67. The van der Waals surface area contributed by atoms with Gasteiger partial charge in [0.25, 0.3) is 10.0 Å². The molecule has 0 amide bonds. The SMILES string of the molecule is [2H]c1c([2H])c(S(=O)(=O)Nc2cc(C)on2)c([2H])c([2H])c1N[C@@H]1C[C@H](CO)[C@@H](O)[C@H](O)[C@H]1O. The molecule has 10 nitrogen and oxygen atoms in total. The van der Waals surface area contributed by atoms with E-state index in [-0.39, 0.29) is 12.2 Å². The van der Waals surface area contributed by atoms with E-state index in [1.54, 1.807) is 0 Å². The molecule has 2 aromatic rings. The molecule has 3 rings (SSSR count). The fourth-order valence-electron chi connectivity index (χ4n) is 2.95. The van der Waals surface area contributed by atoms with Crippen LogP contribution in [0.1, 0.15) is 17.7 Å². The lowest BCUT2D eigenvalue weighted by atomic mass is 9.80. The Labute approximate surface area is 167 Å². The summed E-state index contributed by atoms with van der Waals surface area (Å²) in [5, 5.41) is 45.7. The van der Waals surface area contributed by atoms with Crippen molar-refractivity contribution >= 4 is 21.5 Å². The predicted octanol–water partition coefficient (Wildman–Crippen LogP) is -0.341. The number of nitrogens with one attached hydrogen (secondary N) is 2. The Morgan fingerprint density at radius 3 is 2.46 bits per heavy atom.